The van der Waals surface area contributed by atoms with Crippen LogP contribution in [0.3, 0.4) is 0 Å². The van der Waals surface area contributed by atoms with Crippen LogP contribution in [0.4, 0.5) is 5.82 Å². The highest BCUT2D eigenvalue weighted by Crippen LogP contribution is 2.31. The molecule has 1 fully saturated rings. The summed E-state index contributed by atoms with van der Waals surface area (Å²) in [4.78, 5) is 8.85. The summed E-state index contributed by atoms with van der Waals surface area (Å²) in [5, 5.41) is 3.05. The van der Waals surface area contributed by atoms with E-state index in [9.17, 15) is 0 Å². The van der Waals surface area contributed by atoms with E-state index in [-0.39, 0.29) is 0 Å². The van der Waals surface area contributed by atoms with Gasteiger partial charge in [0.05, 0.1) is 6.10 Å². The van der Waals surface area contributed by atoms with Crippen molar-refractivity contribution >= 4 is 5.82 Å². The maximum absolute atomic E-state index is 5.99. The third-order valence-corrected chi connectivity index (χ3v) is 4.15. The molecule has 1 aromatic rings. The highest BCUT2D eigenvalue weighted by atomic mass is 16.5. The Labute approximate surface area is 116 Å². The lowest BCUT2D eigenvalue weighted by Crippen LogP contribution is -2.26. The molecular formula is C15H25N3O. The van der Waals surface area contributed by atoms with Crippen LogP contribution >= 0.6 is 0 Å². The van der Waals surface area contributed by atoms with Gasteiger partial charge in [-0.25, -0.2) is 9.97 Å². The molecule has 4 heteroatoms. The molecule has 1 N–H and O–H groups in total. The van der Waals surface area contributed by atoms with Gasteiger partial charge in [0, 0.05) is 18.8 Å². The lowest BCUT2D eigenvalue weighted by molar-refractivity contribution is -0.0102. The van der Waals surface area contributed by atoms with Crippen molar-refractivity contribution in [1.82, 2.24) is 9.97 Å². The molecule has 0 spiro atoms. The lowest BCUT2D eigenvalue weighted by atomic mass is 9.80. The van der Waals surface area contributed by atoms with E-state index in [2.05, 4.69) is 29.1 Å². The van der Waals surface area contributed by atoms with Crippen LogP contribution in [0.5, 0.6) is 0 Å². The first-order valence-electron chi connectivity index (χ1n) is 7.22. The molecule has 0 bridgehead atoms. The molecule has 1 saturated carbocycles. The van der Waals surface area contributed by atoms with Gasteiger partial charge in [-0.2, -0.15) is 0 Å². The first-order valence-corrected chi connectivity index (χ1v) is 7.22. The predicted octanol–water partition coefficient (Wildman–Crippen LogP) is 3.17. The number of ether oxygens (including phenoxy) is 1. The predicted molar refractivity (Wildman–Crippen MR) is 77.1 cm³/mol. The minimum Gasteiger partial charge on any atom is -0.373 e. The van der Waals surface area contributed by atoms with Crippen LogP contribution in [-0.2, 0) is 11.3 Å². The van der Waals surface area contributed by atoms with Gasteiger partial charge in [-0.15, -0.1) is 0 Å². The number of rotatable bonds is 4. The first-order chi connectivity index (χ1) is 9.08. The van der Waals surface area contributed by atoms with Crippen molar-refractivity contribution in [1.29, 1.82) is 0 Å². The molecule has 2 rings (SSSR count). The summed E-state index contributed by atoms with van der Waals surface area (Å²) in [6.45, 7) is 7.16. The number of hydrogen-bond acceptors (Lipinski definition) is 4. The standard InChI is InChI=1S/C15H25N3O/c1-10-5-6-13(7-11(10)2)19-9-15-17-12(3)8-14(16-4)18-15/h8,10-11,13H,5-7,9H2,1-4H3,(H,16,17,18). The molecule has 106 valence electrons. The van der Waals surface area contributed by atoms with Crippen LogP contribution in [-0.4, -0.2) is 23.1 Å². The van der Waals surface area contributed by atoms with Crippen LogP contribution in [0.1, 0.15) is 44.6 Å². The fraction of sp³-hybridized carbons (Fsp3) is 0.733. The van der Waals surface area contributed by atoms with E-state index in [0.717, 1.165) is 42.0 Å². The van der Waals surface area contributed by atoms with Crippen molar-refractivity contribution in [3.05, 3.63) is 17.6 Å². The smallest absolute Gasteiger partial charge is 0.156 e. The van der Waals surface area contributed by atoms with Gasteiger partial charge in [-0.05, 0) is 38.0 Å². The summed E-state index contributed by atoms with van der Waals surface area (Å²) in [6, 6.07) is 1.94. The molecule has 0 aromatic carbocycles. The molecule has 1 aliphatic carbocycles. The van der Waals surface area contributed by atoms with Gasteiger partial charge in [0.15, 0.2) is 5.82 Å². The lowest BCUT2D eigenvalue weighted by Gasteiger charge is -2.31. The van der Waals surface area contributed by atoms with Crippen molar-refractivity contribution in [2.24, 2.45) is 11.8 Å². The van der Waals surface area contributed by atoms with Gasteiger partial charge in [0.2, 0.25) is 0 Å². The summed E-state index contributed by atoms with van der Waals surface area (Å²) in [6.07, 6.45) is 3.96. The third kappa shape index (κ3) is 3.90. The average Bonchev–Trinajstić information content (AvgIpc) is 2.39. The van der Waals surface area contributed by atoms with Gasteiger partial charge in [-0.3, -0.25) is 0 Å². The Bertz CT molecular complexity index is 422. The summed E-state index contributed by atoms with van der Waals surface area (Å²) < 4.78 is 5.99. The normalized spacial score (nSPS) is 27.3. The highest BCUT2D eigenvalue weighted by molar-refractivity contribution is 5.34. The first kappa shape index (κ1) is 14.3. The van der Waals surface area contributed by atoms with Gasteiger partial charge in [0.1, 0.15) is 12.4 Å². The van der Waals surface area contributed by atoms with E-state index in [1.807, 2.05) is 20.0 Å². The molecule has 0 amide bonds. The van der Waals surface area contributed by atoms with Crippen molar-refractivity contribution in [2.75, 3.05) is 12.4 Å². The minimum atomic E-state index is 0.369. The second-order valence-electron chi connectivity index (χ2n) is 5.76. The zero-order valence-electron chi connectivity index (χ0n) is 12.4. The second kappa shape index (κ2) is 6.33. The zero-order chi connectivity index (χ0) is 13.8. The van der Waals surface area contributed by atoms with Gasteiger partial charge in [-0.1, -0.05) is 13.8 Å². The molecule has 19 heavy (non-hydrogen) atoms. The molecule has 0 aliphatic heterocycles. The number of nitrogens with one attached hydrogen (secondary N) is 1. The summed E-state index contributed by atoms with van der Waals surface area (Å²) in [5.41, 5.74) is 0.976. The van der Waals surface area contributed by atoms with E-state index in [1.54, 1.807) is 0 Å². The van der Waals surface area contributed by atoms with E-state index < -0.39 is 0 Å². The Balaban J connectivity index is 1.90. The molecule has 1 aliphatic rings. The average molecular weight is 263 g/mol. The van der Waals surface area contributed by atoms with Crippen molar-refractivity contribution in [2.45, 2.75) is 52.7 Å². The summed E-state index contributed by atoms with van der Waals surface area (Å²) in [5.74, 6) is 3.21. The van der Waals surface area contributed by atoms with Crippen LogP contribution < -0.4 is 5.32 Å². The number of aromatic nitrogens is 2. The van der Waals surface area contributed by atoms with Crippen molar-refractivity contribution in [3.63, 3.8) is 0 Å². The van der Waals surface area contributed by atoms with Gasteiger partial charge >= 0.3 is 0 Å². The number of nitrogens with zero attached hydrogens (tertiary/aromatic N) is 2. The molecule has 0 saturated heterocycles. The Hall–Kier alpha value is -1.16. The topological polar surface area (TPSA) is 47.0 Å². The quantitative estimate of drug-likeness (QED) is 0.906. The molecule has 1 aromatic heterocycles. The molecule has 0 radical (unpaired) electrons. The highest BCUT2D eigenvalue weighted by Gasteiger charge is 2.25. The van der Waals surface area contributed by atoms with Crippen LogP contribution in [0.2, 0.25) is 0 Å². The minimum absolute atomic E-state index is 0.369. The number of hydrogen-bond donors (Lipinski definition) is 1. The summed E-state index contributed by atoms with van der Waals surface area (Å²) in [7, 11) is 1.87. The van der Waals surface area contributed by atoms with E-state index >= 15 is 0 Å². The van der Waals surface area contributed by atoms with Crippen LogP contribution in [0, 0.1) is 18.8 Å². The Morgan fingerprint density at radius 1 is 1.26 bits per heavy atom. The molecule has 3 unspecified atom stereocenters. The SMILES string of the molecule is CNc1cc(C)nc(COC2CCC(C)C(C)C2)n1. The van der Waals surface area contributed by atoms with E-state index in [1.165, 1.54) is 6.42 Å². The summed E-state index contributed by atoms with van der Waals surface area (Å²) >= 11 is 0. The van der Waals surface area contributed by atoms with Crippen molar-refractivity contribution in [3.8, 4) is 0 Å². The monoisotopic (exact) mass is 263 g/mol. The Morgan fingerprint density at radius 2 is 2.05 bits per heavy atom. The molecule has 1 heterocycles. The fourth-order valence-electron chi connectivity index (χ4n) is 2.66. The maximum atomic E-state index is 5.99. The molecule has 4 nitrogen and oxygen atoms in total. The Morgan fingerprint density at radius 3 is 2.74 bits per heavy atom. The number of aryl methyl sites for hydroxylation is 1. The fourth-order valence-corrected chi connectivity index (χ4v) is 2.66. The largest absolute Gasteiger partial charge is 0.373 e. The number of anilines is 1. The van der Waals surface area contributed by atoms with Gasteiger partial charge < -0.3 is 10.1 Å². The molecular weight excluding hydrogens is 238 g/mol. The zero-order valence-corrected chi connectivity index (χ0v) is 12.4. The van der Waals surface area contributed by atoms with E-state index in [4.69, 9.17) is 4.74 Å². The van der Waals surface area contributed by atoms with Gasteiger partial charge in [0.25, 0.3) is 0 Å². The van der Waals surface area contributed by atoms with Crippen LogP contribution in [0.15, 0.2) is 6.07 Å². The second-order valence-corrected chi connectivity index (χ2v) is 5.76. The third-order valence-electron chi connectivity index (χ3n) is 4.15. The van der Waals surface area contributed by atoms with Crippen LogP contribution in [0.25, 0.3) is 0 Å². The van der Waals surface area contributed by atoms with E-state index in [0.29, 0.717) is 12.7 Å². The maximum Gasteiger partial charge on any atom is 0.156 e. The van der Waals surface area contributed by atoms with Crippen molar-refractivity contribution < 1.29 is 4.74 Å². The molecule has 3 atom stereocenters. The Kier molecular flexibility index (Phi) is 4.75.